The van der Waals surface area contributed by atoms with E-state index in [0.29, 0.717) is 18.3 Å². The first-order valence-electron chi connectivity index (χ1n) is 8.33. The van der Waals surface area contributed by atoms with Crippen molar-refractivity contribution in [3.8, 4) is 11.5 Å². The summed E-state index contributed by atoms with van der Waals surface area (Å²) in [5.41, 5.74) is 2.47. The third-order valence-electron chi connectivity index (χ3n) is 3.81. The molecule has 0 aromatic heterocycles. The van der Waals surface area contributed by atoms with Crippen LogP contribution in [0.1, 0.15) is 34.0 Å². The van der Waals surface area contributed by atoms with Crippen LogP contribution in [0.15, 0.2) is 78.9 Å². The minimum absolute atomic E-state index is 0.125. The Labute approximate surface area is 153 Å². The number of aliphatic hydroxyl groups is 1. The van der Waals surface area contributed by atoms with Crippen LogP contribution in [0.5, 0.6) is 11.5 Å². The first-order valence-corrected chi connectivity index (χ1v) is 8.33. The Morgan fingerprint density at radius 1 is 0.808 bits per heavy atom. The van der Waals surface area contributed by atoms with Crippen LogP contribution in [0.2, 0.25) is 0 Å². The maximum atomic E-state index is 10.0. The van der Waals surface area contributed by atoms with E-state index in [9.17, 15) is 15.0 Å². The number of aryl methyl sites for hydroxylation is 1. The molecule has 3 rings (SSSR count). The van der Waals surface area contributed by atoms with Crippen LogP contribution in [0.3, 0.4) is 0 Å². The maximum Gasteiger partial charge on any atom is 0.150 e. The number of phenols is 2. The third kappa shape index (κ3) is 6.42. The zero-order chi connectivity index (χ0) is 18.8. The molecular formula is C22H22O4. The number of benzene rings is 3. The molecule has 0 amide bonds. The van der Waals surface area contributed by atoms with Crippen LogP contribution in [-0.4, -0.2) is 21.6 Å². The summed E-state index contributed by atoms with van der Waals surface area (Å²) in [5, 5.41) is 28.1. The van der Waals surface area contributed by atoms with Gasteiger partial charge >= 0.3 is 0 Å². The highest BCUT2D eigenvalue weighted by atomic mass is 16.3. The number of rotatable bonds is 5. The van der Waals surface area contributed by atoms with Gasteiger partial charge in [0.1, 0.15) is 17.8 Å². The molecule has 1 atom stereocenters. The lowest BCUT2D eigenvalue weighted by Crippen LogP contribution is -1.99. The van der Waals surface area contributed by atoms with E-state index in [1.54, 1.807) is 30.3 Å². The first kappa shape index (κ1) is 19.2. The van der Waals surface area contributed by atoms with E-state index in [2.05, 4.69) is 12.1 Å². The molecule has 3 N–H and O–H groups in total. The summed E-state index contributed by atoms with van der Waals surface area (Å²) in [6.45, 7) is 0. The van der Waals surface area contributed by atoms with E-state index in [4.69, 9.17) is 5.11 Å². The van der Waals surface area contributed by atoms with Crippen LogP contribution >= 0.6 is 0 Å². The van der Waals surface area contributed by atoms with Gasteiger partial charge in [0, 0.05) is 5.56 Å². The topological polar surface area (TPSA) is 77.8 Å². The molecule has 26 heavy (non-hydrogen) atoms. The quantitative estimate of drug-likeness (QED) is 0.601. The van der Waals surface area contributed by atoms with Crippen molar-refractivity contribution in [2.75, 3.05) is 0 Å². The van der Waals surface area contributed by atoms with Gasteiger partial charge in [0.2, 0.25) is 0 Å². The third-order valence-corrected chi connectivity index (χ3v) is 3.81. The van der Waals surface area contributed by atoms with Crippen molar-refractivity contribution in [3.63, 3.8) is 0 Å². The number of carbonyl (C=O) groups excluding carboxylic acids is 1. The summed E-state index contributed by atoms with van der Waals surface area (Å²) >= 11 is 0. The van der Waals surface area contributed by atoms with Crippen molar-refractivity contribution in [2.24, 2.45) is 0 Å². The van der Waals surface area contributed by atoms with Gasteiger partial charge in [-0.1, -0.05) is 54.6 Å². The lowest BCUT2D eigenvalue weighted by molar-refractivity contribution is 0.112. The second kappa shape index (κ2) is 10.0. The van der Waals surface area contributed by atoms with E-state index in [0.717, 1.165) is 12.0 Å². The fourth-order valence-electron chi connectivity index (χ4n) is 2.44. The zero-order valence-corrected chi connectivity index (χ0v) is 14.3. The molecule has 4 nitrogen and oxygen atoms in total. The molecule has 3 aromatic carbocycles. The van der Waals surface area contributed by atoms with E-state index < -0.39 is 6.10 Å². The summed E-state index contributed by atoms with van der Waals surface area (Å²) in [6.07, 6.45) is 1.66. The molecule has 0 saturated carbocycles. The van der Waals surface area contributed by atoms with E-state index in [1.807, 2.05) is 24.3 Å². The summed E-state index contributed by atoms with van der Waals surface area (Å²) in [6, 6.07) is 23.0. The van der Waals surface area contributed by atoms with Crippen molar-refractivity contribution in [1.29, 1.82) is 0 Å². The molecule has 0 fully saturated rings. The van der Waals surface area contributed by atoms with Gasteiger partial charge in [0.15, 0.2) is 0 Å². The van der Waals surface area contributed by atoms with Crippen LogP contribution in [-0.2, 0) is 6.42 Å². The van der Waals surface area contributed by atoms with Gasteiger partial charge in [0.05, 0.1) is 6.10 Å². The Bertz CT molecular complexity index is 815. The number of hydrogen-bond donors (Lipinski definition) is 3. The van der Waals surface area contributed by atoms with Gasteiger partial charge in [-0.25, -0.2) is 0 Å². The van der Waals surface area contributed by atoms with Gasteiger partial charge in [0.25, 0.3) is 0 Å². The lowest BCUT2D eigenvalue weighted by atomic mass is 10.0. The predicted octanol–water partition coefficient (Wildman–Crippen LogP) is 4.26. The van der Waals surface area contributed by atoms with Crippen molar-refractivity contribution >= 4 is 6.29 Å². The average Bonchev–Trinajstić information content (AvgIpc) is 2.67. The molecule has 0 aliphatic rings. The van der Waals surface area contributed by atoms with Crippen molar-refractivity contribution in [3.05, 3.63) is 95.6 Å². The van der Waals surface area contributed by atoms with Crippen LogP contribution in [0.25, 0.3) is 0 Å². The molecule has 0 aliphatic carbocycles. The number of phenolic OH excluding ortho intramolecular Hbond substituents is 2. The first-order chi connectivity index (χ1) is 12.6. The van der Waals surface area contributed by atoms with Gasteiger partial charge < -0.3 is 15.3 Å². The second-order valence-electron chi connectivity index (χ2n) is 5.85. The summed E-state index contributed by atoms with van der Waals surface area (Å²) in [5.74, 6) is 0.320. The maximum absolute atomic E-state index is 10.0. The van der Waals surface area contributed by atoms with Gasteiger partial charge in [-0.3, -0.25) is 4.79 Å². The summed E-state index contributed by atoms with van der Waals surface area (Å²) < 4.78 is 0. The fourth-order valence-corrected chi connectivity index (χ4v) is 2.44. The molecule has 134 valence electrons. The summed E-state index contributed by atoms with van der Waals surface area (Å²) in [4.78, 5) is 10.0. The van der Waals surface area contributed by atoms with Crippen LogP contribution in [0, 0.1) is 0 Å². The van der Waals surface area contributed by atoms with Crippen LogP contribution in [0.4, 0.5) is 0 Å². The van der Waals surface area contributed by atoms with E-state index >= 15 is 0 Å². The van der Waals surface area contributed by atoms with Crippen molar-refractivity contribution < 1.29 is 20.1 Å². The van der Waals surface area contributed by atoms with Crippen LogP contribution < -0.4 is 0 Å². The number of carbonyl (C=O) groups is 1. The number of aldehydes is 1. The molecular weight excluding hydrogens is 328 g/mol. The van der Waals surface area contributed by atoms with Gasteiger partial charge in [-0.05, 0) is 48.2 Å². The van der Waals surface area contributed by atoms with Gasteiger partial charge in [-0.15, -0.1) is 0 Å². The van der Waals surface area contributed by atoms with Gasteiger partial charge in [-0.2, -0.15) is 0 Å². The van der Waals surface area contributed by atoms with E-state index in [1.165, 1.54) is 17.7 Å². The Balaban J connectivity index is 0.000000228. The summed E-state index contributed by atoms with van der Waals surface area (Å²) in [7, 11) is 0. The smallest absolute Gasteiger partial charge is 0.150 e. The standard InChI is InChI=1S/C15H16O2.C7H6O2/c16-14-8-4-7-13(11-14)15(17)10-9-12-5-2-1-3-6-12;8-5-6-2-1-3-7(9)4-6/h1-8,11,15-17H,9-10H2;1-5,9H/t15-;/m1./s1. The van der Waals surface area contributed by atoms with Crippen molar-refractivity contribution in [1.82, 2.24) is 0 Å². The predicted molar refractivity (Wildman–Crippen MR) is 101 cm³/mol. The lowest BCUT2D eigenvalue weighted by Gasteiger charge is -2.11. The average molecular weight is 350 g/mol. The highest BCUT2D eigenvalue weighted by Crippen LogP contribution is 2.22. The number of hydrogen-bond acceptors (Lipinski definition) is 4. The normalized spacial score (nSPS) is 11.1. The van der Waals surface area contributed by atoms with E-state index in [-0.39, 0.29) is 11.5 Å². The monoisotopic (exact) mass is 350 g/mol. The molecule has 0 aliphatic heterocycles. The Hall–Kier alpha value is -3.11. The molecule has 0 unspecified atom stereocenters. The minimum Gasteiger partial charge on any atom is -0.508 e. The zero-order valence-electron chi connectivity index (χ0n) is 14.3. The molecule has 0 bridgehead atoms. The molecule has 0 radical (unpaired) electrons. The Morgan fingerprint density at radius 3 is 2.04 bits per heavy atom. The molecule has 4 heteroatoms. The Kier molecular flexibility index (Phi) is 7.40. The highest BCUT2D eigenvalue weighted by molar-refractivity contribution is 5.75. The van der Waals surface area contributed by atoms with Crippen molar-refractivity contribution in [2.45, 2.75) is 18.9 Å². The fraction of sp³-hybridized carbons (Fsp3) is 0.136. The minimum atomic E-state index is -0.526. The second-order valence-corrected chi connectivity index (χ2v) is 5.85. The molecule has 0 saturated heterocycles. The molecule has 0 heterocycles. The number of aromatic hydroxyl groups is 2. The largest absolute Gasteiger partial charge is 0.508 e. The number of aliphatic hydroxyl groups excluding tert-OH is 1. The molecule has 0 spiro atoms. The molecule has 3 aromatic rings. The Morgan fingerprint density at radius 2 is 1.46 bits per heavy atom. The highest BCUT2D eigenvalue weighted by Gasteiger charge is 2.08. The SMILES string of the molecule is O=Cc1cccc(O)c1.Oc1cccc([C@H](O)CCc2ccccc2)c1.